The second kappa shape index (κ2) is 42.3. The molecule has 0 aromatic heterocycles. The van der Waals surface area contributed by atoms with Gasteiger partial charge in [0.15, 0.2) is 0 Å². The van der Waals surface area contributed by atoms with Crippen molar-refractivity contribution in [3.63, 3.8) is 0 Å². The smallest absolute Gasteiger partial charge is 0.338 e. The monoisotopic (exact) mass is 1310 g/mol. The predicted molar refractivity (Wildman–Crippen MR) is 326 cm³/mol. The minimum Gasteiger partial charge on any atom is -0.481 e. The molecule has 6 rings (SSSR count). The Hall–Kier alpha value is -9.67. The molecule has 0 bridgehead atoms. The van der Waals surface area contributed by atoms with E-state index in [2.05, 4.69) is 37.9 Å². The Labute approximate surface area is 526 Å². The summed E-state index contributed by atoms with van der Waals surface area (Å²) in [7, 11) is 7.68. The number of carbonyl (C=O) groups excluding carboxylic acids is 9. The lowest BCUT2D eigenvalue weighted by Crippen LogP contribution is -2.12. The van der Waals surface area contributed by atoms with Crippen LogP contribution in [0.2, 0.25) is 0 Å². The third-order valence-electron chi connectivity index (χ3n) is 11.1. The van der Waals surface area contributed by atoms with E-state index in [9.17, 15) is 55.2 Å². The quantitative estimate of drug-likeness (QED) is 0.0419. The lowest BCUT2D eigenvalue weighted by atomic mass is 10.0. The van der Waals surface area contributed by atoms with Gasteiger partial charge in [-0.2, -0.15) is 8.42 Å². The van der Waals surface area contributed by atoms with E-state index in [1.807, 2.05) is 27.6 Å². The summed E-state index contributed by atoms with van der Waals surface area (Å²) in [5.41, 5.74) is 5.70. The molecule has 25 nitrogen and oxygen atoms in total. The summed E-state index contributed by atoms with van der Waals surface area (Å²) in [6.45, 7) is 7.91. The number of aryl methyl sites for hydroxylation is 3. The van der Waals surface area contributed by atoms with Crippen LogP contribution in [0.15, 0.2) is 137 Å². The Kier molecular flexibility index (Phi) is 38.7. The molecule has 0 fully saturated rings. The molecule has 0 amide bonds. The lowest BCUT2D eigenvalue weighted by Gasteiger charge is -2.11. The van der Waals surface area contributed by atoms with E-state index < -0.39 is 79.5 Å². The van der Waals surface area contributed by atoms with E-state index in [-0.39, 0.29) is 51.6 Å². The Morgan fingerprint density at radius 2 is 0.678 bits per heavy atom. The molecule has 488 valence electrons. The zero-order chi connectivity index (χ0) is 68.2. The summed E-state index contributed by atoms with van der Waals surface area (Å²) in [6, 6.07) is 31.7. The van der Waals surface area contributed by atoms with Crippen LogP contribution in [-0.4, -0.2) is 144 Å². The third kappa shape index (κ3) is 28.0. The van der Waals surface area contributed by atoms with Crippen LogP contribution in [-0.2, 0) is 90.5 Å². The number of carbonyl (C=O) groups is 10. The number of esters is 8. The number of rotatable bonds is 15. The average molecular weight is 1320 g/mol. The van der Waals surface area contributed by atoms with Crippen LogP contribution >= 0.6 is 10.7 Å². The number of hydrogen-bond donors (Lipinski definition) is 2. The molecular weight excluding hydrogens is 1240 g/mol. The van der Waals surface area contributed by atoms with Crippen molar-refractivity contribution in [2.75, 3.05) is 56.9 Å². The van der Waals surface area contributed by atoms with Crippen molar-refractivity contribution in [2.45, 2.75) is 64.5 Å². The van der Waals surface area contributed by atoms with Gasteiger partial charge in [0.05, 0.1) is 124 Å². The van der Waals surface area contributed by atoms with Crippen LogP contribution in [0.3, 0.4) is 0 Å². The van der Waals surface area contributed by atoms with E-state index in [4.69, 9.17) is 34.7 Å². The van der Waals surface area contributed by atoms with E-state index in [0.717, 1.165) is 23.6 Å². The molecule has 0 atom stereocenters. The van der Waals surface area contributed by atoms with E-state index in [1.165, 1.54) is 142 Å². The molecule has 90 heavy (non-hydrogen) atoms. The van der Waals surface area contributed by atoms with Gasteiger partial charge in [0, 0.05) is 17.6 Å². The molecule has 28 heteroatoms. The van der Waals surface area contributed by atoms with Gasteiger partial charge in [-0.3, -0.25) is 8.98 Å². The largest absolute Gasteiger partial charge is 0.481 e. The maximum Gasteiger partial charge on any atom is 0.338 e. The van der Waals surface area contributed by atoms with Gasteiger partial charge in [-0.05, 0) is 140 Å². The van der Waals surface area contributed by atoms with Crippen LogP contribution in [0, 0.1) is 13.8 Å². The normalized spacial score (nSPS) is 9.80. The highest BCUT2D eigenvalue weighted by atomic mass is 35.7. The molecule has 2 N–H and O–H groups in total. The van der Waals surface area contributed by atoms with E-state index in [0.29, 0.717) is 34.2 Å². The van der Waals surface area contributed by atoms with Crippen LogP contribution in [0.25, 0.3) is 0 Å². The number of ether oxygens (including phenoxy) is 8. The zero-order valence-electron chi connectivity index (χ0n) is 50.4. The van der Waals surface area contributed by atoms with Crippen LogP contribution in [0.4, 0.5) is 0 Å². The van der Waals surface area contributed by atoms with E-state index in [1.54, 1.807) is 42.5 Å². The highest BCUT2D eigenvalue weighted by molar-refractivity contribution is 8.13. The first kappa shape index (κ1) is 82.4. The molecular formula is C62H71ClO25S2. The Morgan fingerprint density at radius 3 is 0.967 bits per heavy atom. The van der Waals surface area contributed by atoms with Gasteiger partial charge >= 0.3 is 47.8 Å². The number of hydrogen-bond acceptors (Lipinski definition) is 24. The summed E-state index contributed by atoms with van der Waals surface area (Å²) in [4.78, 5) is 108. The van der Waals surface area contributed by atoms with Crippen molar-refractivity contribution in [3.8, 4) is 0 Å². The number of aliphatic carboxylic acids is 1. The molecule has 0 saturated heterocycles. The summed E-state index contributed by atoms with van der Waals surface area (Å²) in [5, 5.41) is 16.5. The number of carboxylic acid groups (broad SMARTS) is 1. The summed E-state index contributed by atoms with van der Waals surface area (Å²) >= 11 is 0. The molecule has 6 aromatic rings. The number of aliphatic hydroxyl groups excluding tert-OH is 1. The summed E-state index contributed by atoms with van der Waals surface area (Å²) in [5.74, 6) is -4.87. The predicted octanol–water partition coefficient (Wildman–Crippen LogP) is 8.77. The molecule has 0 spiro atoms. The second-order valence-electron chi connectivity index (χ2n) is 16.9. The minimum absolute atomic E-state index is 0. The van der Waals surface area contributed by atoms with Gasteiger partial charge in [-0.15, -0.1) is 0 Å². The molecule has 6 aromatic carbocycles. The number of methoxy groups -OCH3 is 8. The maximum absolute atomic E-state index is 12.3. The van der Waals surface area contributed by atoms with Gasteiger partial charge in [0.2, 0.25) is 0 Å². The second-order valence-corrected chi connectivity index (χ2v) is 21.1. The van der Waals surface area contributed by atoms with Crippen molar-refractivity contribution >= 4 is 90.4 Å². The zero-order valence-corrected chi connectivity index (χ0v) is 52.8. The number of aliphatic hydroxyl groups is 1. The van der Waals surface area contributed by atoms with Gasteiger partial charge in [0.1, 0.15) is 6.79 Å². The van der Waals surface area contributed by atoms with Crippen molar-refractivity contribution in [3.05, 3.63) is 200 Å². The Balaban J connectivity index is 0. The van der Waals surface area contributed by atoms with Crippen molar-refractivity contribution < 1.29 is 117 Å². The average Bonchev–Trinajstić information content (AvgIpc) is 3.52. The minimum atomic E-state index is -4.03. The highest BCUT2D eigenvalue weighted by Crippen LogP contribution is 2.21. The van der Waals surface area contributed by atoms with Crippen LogP contribution in [0.5, 0.6) is 0 Å². The van der Waals surface area contributed by atoms with Crippen LogP contribution in [0.1, 0.15) is 132 Å². The fourth-order valence-electron chi connectivity index (χ4n) is 6.58. The number of benzene rings is 6. The van der Waals surface area contributed by atoms with Gasteiger partial charge < -0.3 is 52.9 Å². The third-order valence-corrected chi connectivity index (χ3v) is 13.7. The molecule has 0 saturated carbocycles. The molecule has 0 unspecified atom stereocenters. The van der Waals surface area contributed by atoms with Crippen molar-refractivity contribution in [1.82, 2.24) is 0 Å². The summed E-state index contributed by atoms with van der Waals surface area (Å²) in [6.07, 6.45) is 0.648. The fourth-order valence-corrected chi connectivity index (χ4v) is 8.24. The molecule has 0 radical (unpaired) electrons. The molecule has 0 aliphatic rings. The maximum atomic E-state index is 12.3. The Morgan fingerprint density at radius 1 is 0.422 bits per heavy atom. The topological polar surface area (TPSA) is 363 Å². The van der Waals surface area contributed by atoms with Gasteiger partial charge in [-0.1, -0.05) is 49.7 Å². The first-order valence-electron chi connectivity index (χ1n) is 25.2. The molecule has 0 heterocycles. The van der Waals surface area contributed by atoms with Crippen LogP contribution < -0.4 is 0 Å². The lowest BCUT2D eigenvalue weighted by molar-refractivity contribution is -0.134. The van der Waals surface area contributed by atoms with Crippen molar-refractivity contribution in [1.29, 1.82) is 0 Å². The van der Waals surface area contributed by atoms with E-state index >= 15 is 0 Å². The fraction of sp³-hybridized carbons (Fsp3) is 0.258. The molecule has 0 aliphatic heterocycles. The standard InChI is InChI=1S/C18H18O7S.C12H14O4.C11H12O5.C10H10O4.C7H7ClO2S.C2H4O2.CH2O.CH4/c1-12-4-7-15(8-5-12)26(21,22)25-11-14-10-13(17(19)23-2)6-9-16(14)18(20)24-3;1-4-8-7-9(11(13)15-2)5-6-10(8)12(14)16-3;1-15-10(13)7-3-4-9(11(14)16-2)8(5-7)6-12;1-13-9(11)7-3-5-8(6-4-7)10(12)14-2;1-6-2-4-7(5-3-6)11(8,9)10;1-2(3)4;1-2;/h4-10H,11H2,1-3H3;5-7H,4H2,1-3H3;3-5,12H,6H2,1-2H3;3-6H,1-2H3;2-5H,1H3;1H3,(H,3,4);1H2;1H4. The SMILES string of the molecule is C.C=O.CC(=O)O.CCc1cc(C(=O)OC)ccc1C(=O)OC.COC(=O)c1ccc(C(=O)OC)c(CO)c1.COC(=O)c1ccc(C(=O)OC)c(COS(=O)(=O)c2ccc(C)cc2)c1.COC(=O)c1ccc(C(=O)OC)cc1.Cc1ccc(S(=O)(=O)Cl)cc1. The highest BCUT2D eigenvalue weighted by Gasteiger charge is 2.21. The van der Waals surface area contributed by atoms with Crippen molar-refractivity contribution in [2.24, 2.45) is 0 Å². The first-order chi connectivity index (χ1) is 42.0. The molecule has 0 aliphatic carbocycles. The first-order valence-corrected chi connectivity index (χ1v) is 28.9. The Bertz CT molecular complexity index is 3470. The summed E-state index contributed by atoms with van der Waals surface area (Å²) < 4.78 is 87.7. The number of carboxylic acids is 1. The van der Waals surface area contributed by atoms with Gasteiger partial charge in [-0.25, -0.2) is 46.8 Å². The van der Waals surface area contributed by atoms with Gasteiger partial charge in [0.25, 0.3) is 25.1 Å². The number of halogens is 1.